The summed E-state index contributed by atoms with van der Waals surface area (Å²) in [6.45, 7) is 13.4. The van der Waals surface area contributed by atoms with Gasteiger partial charge in [0.1, 0.15) is 34.5 Å². The zero-order valence-electron chi connectivity index (χ0n) is 27.8. The molecule has 0 aliphatic carbocycles. The lowest BCUT2D eigenvalue weighted by Gasteiger charge is -2.48. The highest BCUT2D eigenvalue weighted by atomic mass is 19.1. The number of halogens is 1. The second kappa shape index (κ2) is 11.7. The Morgan fingerprint density at radius 2 is 1.83 bits per heavy atom. The zero-order valence-corrected chi connectivity index (χ0v) is 27.8. The minimum absolute atomic E-state index is 0.0570. The second-order valence-electron chi connectivity index (χ2n) is 13.4. The maximum absolute atomic E-state index is 15.3. The van der Waals surface area contributed by atoms with Crippen LogP contribution in [0, 0.1) is 12.7 Å². The summed E-state index contributed by atoms with van der Waals surface area (Å²) in [6.07, 6.45) is 1.18. The van der Waals surface area contributed by atoms with Crippen LogP contribution < -0.4 is 20.5 Å². The van der Waals surface area contributed by atoms with Crippen molar-refractivity contribution < 1.29 is 23.5 Å². The number of ether oxygens (including phenoxy) is 2. The molecule has 0 radical (unpaired) electrons. The zero-order chi connectivity index (χ0) is 33.9. The first-order valence-corrected chi connectivity index (χ1v) is 15.7. The van der Waals surface area contributed by atoms with Crippen molar-refractivity contribution in [3.8, 4) is 22.7 Å². The van der Waals surface area contributed by atoms with E-state index in [-0.39, 0.29) is 47.6 Å². The Hall–Kier alpha value is -5.00. The third kappa shape index (κ3) is 5.45. The lowest BCUT2D eigenvalue weighted by Crippen LogP contribution is -2.65. The number of benzene rings is 1. The van der Waals surface area contributed by atoms with E-state index in [0.717, 1.165) is 5.56 Å². The first kappa shape index (κ1) is 32.0. The number of piperazine rings is 1. The van der Waals surface area contributed by atoms with Crippen molar-refractivity contribution in [1.29, 1.82) is 0 Å². The molecule has 6 rings (SSSR count). The number of nitrogens with zero attached hydrogens (tertiary/aromatic N) is 5. The molecule has 11 nitrogen and oxygen atoms in total. The number of amides is 2. The molecular weight excluding hydrogens is 603 g/mol. The molecule has 0 spiro atoms. The van der Waals surface area contributed by atoms with Crippen molar-refractivity contribution in [1.82, 2.24) is 19.4 Å². The van der Waals surface area contributed by atoms with Crippen LogP contribution >= 0.6 is 0 Å². The van der Waals surface area contributed by atoms with Gasteiger partial charge in [-0.15, -0.1) is 0 Å². The molecule has 1 saturated heterocycles. The SMILES string of the molecule is COc1cccc(F)c1-c1ccc2c3c(c(=O)n(-c4c(C)ccnc4C(C)C)c2n1)NC(=O)[C@H]1CN(C(=O)OC(C)(C)C)[C@H](C)CN31. The summed E-state index contributed by atoms with van der Waals surface area (Å²) in [5, 5.41) is 3.44. The molecule has 3 aromatic heterocycles. The highest BCUT2D eigenvalue weighted by Gasteiger charge is 2.45. The van der Waals surface area contributed by atoms with Crippen molar-refractivity contribution in [2.24, 2.45) is 0 Å². The topological polar surface area (TPSA) is 119 Å². The van der Waals surface area contributed by atoms with Crippen LogP contribution in [0.15, 0.2) is 47.4 Å². The molecule has 4 aromatic rings. The number of aromatic nitrogens is 3. The van der Waals surface area contributed by atoms with Gasteiger partial charge in [0.25, 0.3) is 5.56 Å². The summed E-state index contributed by atoms with van der Waals surface area (Å²) < 4.78 is 28.0. The molecule has 2 aliphatic heterocycles. The molecule has 1 fully saturated rings. The molecular formula is C35H39FN6O5. The number of rotatable bonds is 4. The van der Waals surface area contributed by atoms with Gasteiger partial charge in [-0.25, -0.2) is 14.2 Å². The number of carbonyl (C=O) groups is 2. The predicted molar refractivity (Wildman–Crippen MR) is 178 cm³/mol. The van der Waals surface area contributed by atoms with Crippen LogP contribution in [-0.4, -0.2) is 69.3 Å². The van der Waals surface area contributed by atoms with Gasteiger partial charge in [0, 0.05) is 24.2 Å². The maximum Gasteiger partial charge on any atom is 0.410 e. The van der Waals surface area contributed by atoms with Gasteiger partial charge < -0.3 is 24.6 Å². The Balaban J connectivity index is 1.63. The Bertz CT molecular complexity index is 1980. The molecule has 47 heavy (non-hydrogen) atoms. The van der Waals surface area contributed by atoms with E-state index < -0.39 is 35.0 Å². The Labute approximate surface area is 272 Å². The molecule has 12 heteroatoms. The smallest absolute Gasteiger partial charge is 0.410 e. The van der Waals surface area contributed by atoms with Gasteiger partial charge in [0.15, 0.2) is 0 Å². The monoisotopic (exact) mass is 642 g/mol. The Morgan fingerprint density at radius 3 is 2.51 bits per heavy atom. The summed E-state index contributed by atoms with van der Waals surface area (Å²) in [4.78, 5) is 54.5. The van der Waals surface area contributed by atoms with Crippen molar-refractivity contribution in [2.75, 3.05) is 30.4 Å². The Kier molecular flexibility index (Phi) is 7.93. The first-order valence-electron chi connectivity index (χ1n) is 15.7. The lowest BCUT2D eigenvalue weighted by atomic mass is 9.99. The highest BCUT2D eigenvalue weighted by Crippen LogP contribution is 2.41. The van der Waals surface area contributed by atoms with Crippen molar-refractivity contribution in [2.45, 2.75) is 72.1 Å². The van der Waals surface area contributed by atoms with Gasteiger partial charge in [0.05, 0.1) is 42.0 Å². The van der Waals surface area contributed by atoms with Gasteiger partial charge in [-0.3, -0.25) is 19.1 Å². The fourth-order valence-electron chi connectivity index (χ4n) is 6.44. The number of nitrogens with one attached hydrogen (secondary N) is 1. The fourth-order valence-corrected chi connectivity index (χ4v) is 6.44. The number of pyridine rings is 3. The summed E-state index contributed by atoms with van der Waals surface area (Å²) in [5.41, 5.74) is 2.09. The van der Waals surface area contributed by atoms with E-state index in [1.807, 2.05) is 38.7 Å². The van der Waals surface area contributed by atoms with Gasteiger partial charge in [0.2, 0.25) is 5.91 Å². The number of hydrogen-bond donors (Lipinski definition) is 1. The van der Waals surface area contributed by atoms with E-state index in [2.05, 4.69) is 10.3 Å². The molecule has 2 aliphatic rings. The standard InChI is InChI=1S/C35H39FN6O5/c1-18(2)27-29(19(3)14-15-37-27)42-31-21(12-13-23(38-31)26-22(36)10-9-11-25(26)46-8)30-28(33(42)44)39-32(43)24-17-40(20(4)16-41(24)30)34(45)47-35(5,6)7/h9-15,18,20,24H,16-17H2,1-8H3,(H,39,43)/t20-,24-/m1/s1. The third-order valence-electron chi connectivity index (χ3n) is 8.58. The lowest BCUT2D eigenvalue weighted by molar-refractivity contribution is -0.118. The molecule has 5 heterocycles. The first-order chi connectivity index (χ1) is 22.2. The van der Waals surface area contributed by atoms with E-state index in [4.69, 9.17) is 14.5 Å². The van der Waals surface area contributed by atoms with E-state index in [1.54, 1.807) is 56.1 Å². The molecule has 246 valence electrons. The average molecular weight is 643 g/mol. The van der Waals surface area contributed by atoms with Crippen LogP contribution in [0.25, 0.3) is 28.0 Å². The highest BCUT2D eigenvalue weighted by molar-refractivity contribution is 6.10. The van der Waals surface area contributed by atoms with Crippen LogP contribution in [0.5, 0.6) is 5.75 Å². The number of methoxy groups -OCH3 is 1. The van der Waals surface area contributed by atoms with Crippen LogP contribution in [0.1, 0.15) is 58.7 Å². The van der Waals surface area contributed by atoms with E-state index >= 15 is 4.39 Å². The van der Waals surface area contributed by atoms with E-state index in [1.165, 1.54) is 17.7 Å². The average Bonchev–Trinajstić information content (AvgIpc) is 3.00. The van der Waals surface area contributed by atoms with Crippen molar-refractivity contribution in [3.63, 3.8) is 0 Å². The third-order valence-corrected chi connectivity index (χ3v) is 8.58. The minimum Gasteiger partial charge on any atom is -0.496 e. The summed E-state index contributed by atoms with van der Waals surface area (Å²) in [7, 11) is 1.46. The maximum atomic E-state index is 15.3. The normalized spacial score (nSPS) is 17.8. The predicted octanol–water partition coefficient (Wildman–Crippen LogP) is 5.79. The van der Waals surface area contributed by atoms with Crippen molar-refractivity contribution in [3.05, 3.63) is 70.0 Å². The summed E-state index contributed by atoms with van der Waals surface area (Å²) in [5.74, 6) is -0.696. The van der Waals surface area contributed by atoms with E-state index in [9.17, 15) is 14.4 Å². The van der Waals surface area contributed by atoms with E-state index in [0.29, 0.717) is 28.2 Å². The second-order valence-corrected chi connectivity index (χ2v) is 13.4. The number of hydrogen-bond acceptors (Lipinski definition) is 8. The summed E-state index contributed by atoms with van der Waals surface area (Å²) in [6, 6.07) is 8.69. The largest absolute Gasteiger partial charge is 0.496 e. The molecule has 2 atom stereocenters. The number of fused-ring (bicyclic) bond motifs is 5. The molecule has 0 unspecified atom stereocenters. The van der Waals surface area contributed by atoms with Crippen LogP contribution in [0.4, 0.5) is 20.6 Å². The quantitative estimate of drug-likeness (QED) is 0.297. The number of aryl methyl sites for hydroxylation is 1. The van der Waals surface area contributed by atoms with Crippen LogP contribution in [-0.2, 0) is 9.53 Å². The van der Waals surface area contributed by atoms with Gasteiger partial charge >= 0.3 is 6.09 Å². The van der Waals surface area contributed by atoms with Gasteiger partial charge in [-0.05, 0) is 76.4 Å². The molecule has 2 amide bonds. The molecule has 0 bridgehead atoms. The summed E-state index contributed by atoms with van der Waals surface area (Å²) >= 11 is 0. The molecule has 1 N–H and O–H groups in total. The number of carbonyl (C=O) groups excluding carboxylic acids is 2. The molecule has 0 saturated carbocycles. The molecule has 1 aromatic carbocycles. The Morgan fingerprint density at radius 1 is 1.09 bits per heavy atom. The van der Waals surface area contributed by atoms with Crippen LogP contribution in [0.2, 0.25) is 0 Å². The minimum atomic E-state index is -0.789. The van der Waals surface area contributed by atoms with Gasteiger partial charge in [-0.1, -0.05) is 19.9 Å². The van der Waals surface area contributed by atoms with Crippen LogP contribution in [0.3, 0.4) is 0 Å². The van der Waals surface area contributed by atoms with Gasteiger partial charge in [-0.2, -0.15) is 0 Å². The number of anilines is 2. The van der Waals surface area contributed by atoms with Crippen molar-refractivity contribution >= 4 is 34.4 Å². The fraction of sp³-hybridized carbons (Fsp3) is 0.400.